The number of phenols is 2. The highest BCUT2D eigenvalue weighted by Crippen LogP contribution is 2.30. The molecule has 1 aromatic carbocycles. The summed E-state index contributed by atoms with van der Waals surface area (Å²) >= 11 is 0. The first-order valence-corrected chi connectivity index (χ1v) is 14.2. The molecule has 0 saturated heterocycles. The maximum Gasteiger partial charge on any atom is 0.166 e. The van der Waals surface area contributed by atoms with Gasteiger partial charge in [0.1, 0.15) is 11.5 Å². The molecule has 0 bridgehead atoms. The standard InChI is InChI=1S/C30H52O3/c1-3-5-7-9-11-13-15-16-18-20-22-26-24-30(33)27(25-29(26)32)28(31)23-21-19-17-14-12-10-8-6-4-2/h24-25,32-33H,3-23H2,1-2H3. The third-order valence-corrected chi connectivity index (χ3v) is 6.80. The zero-order chi connectivity index (χ0) is 24.2. The molecule has 1 aromatic rings. The Kier molecular flexibility index (Phi) is 17.8. The number of aromatic hydroxyl groups is 2. The summed E-state index contributed by atoms with van der Waals surface area (Å²) in [5, 5.41) is 20.7. The summed E-state index contributed by atoms with van der Waals surface area (Å²) < 4.78 is 0. The maximum absolute atomic E-state index is 12.5. The zero-order valence-electron chi connectivity index (χ0n) is 21.8. The first kappa shape index (κ1) is 29.5. The molecule has 3 nitrogen and oxygen atoms in total. The van der Waals surface area contributed by atoms with Crippen LogP contribution < -0.4 is 0 Å². The first-order valence-electron chi connectivity index (χ1n) is 14.2. The van der Waals surface area contributed by atoms with Gasteiger partial charge in [-0.15, -0.1) is 0 Å². The molecule has 0 fully saturated rings. The predicted molar refractivity (Wildman–Crippen MR) is 141 cm³/mol. The van der Waals surface area contributed by atoms with Crippen molar-refractivity contribution in [2.24, 2.45) is 0 Å². The minimum Gasteiger partial charge on any atom is -0.508 e. The van der Waals surface area contributed by atoms with Crippen LogP contribution in [0.1, 0.15) is 158 Å². The van der Waals surface area contributed by atoms with Gasteiger partial charge in [0.25, 0.3) is 0 Å². The molecule has 0 unspecified atom stereocenters. The molecular formula is C30H52O3. The lowest BCUT2D eigenvalue weighted by atomic mass is 9.98. The van der Waals surface area contributed by atoms with Crippen molar-refractivity contribution in [2.45, 2.75) is 149 Å². The number of hydrogen-bond acceptors (Lipinski definition) is 3. The van der Waals surface area contributed by atoms with Gasteiger partial charge in [-0.05, 0) is 37.0 Å². The first-order chi connectivity index (χ1) is 16.1. The van der Waals surface area contributed by atoms with Crippen LogP contribution in [0.5, 0.6) is 11.5 Å². The Hall–Kier alpha value is -1.51. The van der Waals surface area contributed by atoms with Crippen LogP contribution in [0.2, 0.25) is 0 Å². The van der Waals surface area contributed by atoms with Crippen molar-refractivity contribution in [1.82, 2.24) is 0 Å². The second kappa shape index (κ2) is 19.9. The highest BCUT2D eigenvalue weighted by molar-refractivity contribution is 5.99. The number of unbranched alkanes of at least 4 members (excludes halogenated alkanes) is 17. The Bertz CT molecular complexity index is 623. The molecule has 0 radical (unpaired) electrons. The van der Waals surface area contributed by atoms with E-state index in [4.69, 9.17) is 0 Å². The van der Waals surface area contributed by atoms with E-state index < -0.39 is 0 Å². The zero-order valence-corrected chi connectivity index (χ0v) is 21.8. The van der Waals surface area contributed by atoms with Gasteiger partial charge in [0.2, 0.25) is 0 Å². The maximum atomic E-state index is 12.5. The van der Waals surface area contributed by atoms with Gasteiger partial charge in [0, 0.05) is 6.42 Å². The van der Waals surface area contributed by atoms with Gasteiger partial charge in [-0.3, -0.25) is 4.79 Å². The second-order valence-corrected chi connectivity index (χ2v) is 9.93. The number of Topliss-reactive ketones (excluding diaryl/α,β-unsaturated/α-hetero) is 1. The summed E-state index contributed by atoms with van der Waals surface area (Å²) in [6, 6.07) is 3.09. The molecule has 2 N–H and O–H groups in total. The SMILES string of the molecule is CCCCCCCCCCCCc1cc(O)c(C(=O)CCCCCCCCCCC)cc1O. The highest BCUT2D eigenvalue weighted by atomic mass is 16.3. The van der Waals surface area contributed by atoms with Gasteiger partial charge in [-0.1, -0.05) is 123 Å². The molecule has 190 valence electrons. The van der Waals surface area contributed by atoms with Crippen molar-refractivity contribution in [3.63, 3.8) is 0 Å². The van der Waals surface area contributed by atoms with E-state index in [2.05, 4.69) is 13.8 Å². The van der Waals surface area contributed by atoms with Crippen molar-refractivity contribution >= 4 is 5.78 Å². The third-order valence-electron chi connectivity index (χ3n) is 6.80. The van der Waals surface area contributed by atoms with Crippen LogP contribution in [0.15, 0.2) is 12.1 Å². The highest BCUT2D eigenvalue weighted by Gasteiger charge is 2.15. The molecule has 0 aliphatic heterocycles. The van der Waals surface area contributed by atoms with Gasteiger partial charge in [-0.2, -0.15) is 0 Å². The van der Waals surface area contributed by atoms with Crippen molar-refractivity contribution in [3.8, 4) is 11.5 Å². The van der Waals surface area contributed by atoms with Crippen LogP contribution in [-0.4, -0.2) is 16.0 Å². The summed E-state index contributed by atoms with van der Waals surface area (Å²) in [7, 11) is 0. The molecule has 0 atom stereocenters. The number of rotatable bonds is 22. The summed E-state index contributed by atoms with van der Waals surface area (Å²) in [6.45, 7) is 4.49. The van der Waals surface area contributed by atoms with Crippen molar-refractivity contribution in [1.29, 1.82) is 0 Å². The second-order valence-electron chi connectivity index (χ2n) is 9.93. The molecule has 0 spiro atoms. The molecule has 0 aromatic heterocycles. The van der Waals surface area contributed by atoms with Gasteiger partial charge in [-0.25, -0.2) is 0 Å². The third kappa shape index (κ3) is 14.4. The van der Waals surface area contributed by atoms with Gasteiger partial charge in [0.15, 0.2) is 5.78 Å². The van der Waals surface area contributed by atoms with Crippen LogP contribution in [0, 0.1) is 0 Å². The van der Waals surface area contributed by atoms with Gasteiger partial charge >= 0.3 is 0 Å². The van der Waals surface area contributed by atoms with Crippen LogP contribution in [0.4, 0.5) is 0 Å². The number of aryl methyl sites for hydroxylation is 1. The molecule has 0 aliphatic rings. The van der Waals surface area contributed by atoms with E-state index in [-0.39, 0.29) is 22.8 Å². The molecule has 3 heteroatoms. The lowest BCUT2D eigenvalue weighted by Crippen LogP contribution is -2.01. The Morgan fingerprint density at radius 2 is 1.00 bits per heavy atom. The number of carbonyl (C=O) groups is 1. The predicted octanol–water partition coefficient (Wildman–Crippen LogP) is 9.66. The number of phenolic OH excluding ortho intramolecular Hbond substituents is 2. The molecule has 0 saturated carbocycles. The monoisotopic (exact) mass is 460 g/mol. The summed E-state index contributed by atoms with van der Waals surface area (Å²) in [4.78, 5) is 12.5. The van der Waals surface area contributed by atoms with Crippen LogP contribution in [-0.2, 0) is 6.42 Å². The van der Waals surface area contributed by atoms with E-state index in [1.807, 2.05) is 0 Å². The van der Waals surface area contributed by atoms with Crippen LogP contribution in [0.3, 0.4) is 0 Å². The average molecular weight is 461 g/mol. The fourth-order valence-electron chi connectivity index (χ4n) is 4.58. The fourth-order valence-corrected chi connectivity index (χ4v) is 4.58. The Morgan fingerprint density at radius 3 is 1.48 bits per heavy atom. The molecule has 0 heterocycles. The quantitative estimate of drug-likeness (QED) is 0.103. The lowest BCUT2D eigenvalue weighted by molar-refractivity contribution is 0.0976. The van der Waals surface area contributed by atoms with E-state index in [9.17, 15) is 15.0 Å². The molecule has 0 aliphatic carbocycles. The minimum absolute atomic E-state index is 0.0239. The molecular weight excluding hydrogens is 408 g/mol. The number of benzene rings is 1. The van der Waals surface area contributed by atoms with Crippen molar-refractivity contribution in [2.75, 3.05) is 0 Å². The van der Waals surface area contributed by atoms with Crippen molar-refractivity contribution in [3.05, 3.63) is 23.3 Å². The Balaban J connectivity index is 2.21. The summed E-state index contributed by atoms with van der Waals surface area (Å²) in [5.74, 6) is 0.117. The summed E-state index contributed by atoms with van der Waals surface area (Å²) in [5.41, 5.74) is 1.03. The van der Waals surface area contributed by atoms with Crippen molar-refractivity contribution < 1.29 is 15.0 Å². The number of hydrogen-bond donors (Lipinski definition) is 2. The topological polar surface area (TPSA) is 57.5 Å². The van der Waals surface area contributed by atoms with E-state index in [0.717, 1.165) is 37.7 Å². The number of carbonyl (C=O) groups excluding carboxylic acids is 1. The summed E-state index contributed by atoms with van der Waals surface area (Å²) in [6.07, 6.45) is 24.9. The Morgan fingerprint density at radius 1 is 0.576 bits per heavy atom. The lowest BCUT2D eigenvalue weighted by Gasteiger charge is -2.10. The van der Waals surface area contributed by atoms with E-state index >= 15 is 0 Å². The van der Waals surface area contributed by atoms with E-state index in [1.165, 1.54) is 102 Å². The Labute approximate surface area is 204 Å². The minimum atomic E-state index is -0.0590. The van der Waals surface area contributed by atoms with Crippen LogP contribution >= 0.6 is 0 Å². The largest absolute Gasteiger partial charge is 0.508 e. The van der Waals surface area contributed by atoms with Gasteiger partial charge < -0.3 is 10.2 Å². The molecule has 33 heavy (non-hydrogen) atoms. The van der Waals surface area contributed by atoms with Gasteiger partial charge in [0.05, 0.1) is 5.56 Å². The van der Waals surface area contributed by atoms with E-state index in [1.54, 1.807) is 6.07 Å². The normalized spacial score (nSPS) is 11.2. The fraction of sp³-hybridized carbons (Fsp3) is 0.767. The van der Waals surface area contributed by atoms with Crippen LogP contribution in [0.25, 0.3) is 0 Å². The van der Waals surface area contributed by atoms with E-state index in [0.29, 0.717) is 6.42 Å². The molecule has 1 rings (SSSR count). The smallest absolute Gasteiger partial charge is 0.166 e. The average Bonchev–Trinajstić information content (AvgIpc) is 2.80. The molecule has 0 amide bonds. The number of ketones is 1.